The first-order valence-electron chi connectivity index (χ1n) is 9.78. The number of aromatic amines is 1. The van der Waals surface area contributed by atoms with Gasteiger partial charge < -0.3 is 10.3 Å². The Labute approximate surface area is 178 Å². The fourth-order valence-electron chi connectivity index (χ4n) is 3.72. The van der Waals surface area contributed by atoms with E-state index < -0.39 is 4.92 Å². The lowest BCUT2D eigenvalue weighted by atomic mass is 9.98. The van der Waals surface area contributed by atoms with Crippen LogP contribution in [0.3, 0.4) is 0 Å². The van der Waals surface area contributed by atoms with Gasteiger partial charge in [-0.15, -0.1) is 0 Å². The number of benzene rings is 3. The summed E-state index contributed by atoms with van der Waals surface area (Å²) in [6.45, 7) is 4.26. The van der Waals surface area contributed by atoms with E-state index in [4.69, 9.17) is 0 Å². The SMILES string of the molecule is C=C(c1ccccc1)c1ccc2[nH]c3nc(Nc4ccccc4[N+](=O)[O-])ccc3c2c1. The van der Waals surface area contributed by atoms with Crippen LogP contribution in [0.1, 0.15) is 11.1 Å². The van der Waals surface area contributed by atoms with Crippen LogP contribution in [0.2, 0.25) is 0 Å². The number of rotatable bonds is 5. The van der Waals surface area contributed by atoms with Crippen molar-refractivity contribution >= 4 is 44.7 Å². The van der Waals surface area contributed by atoms with Crippen LogP contribution in [0, 0.1) is 10.1 Å². The van der Waals surface area contributed by atoms with E-state index >= 15 is 0 Å². The maximum atomic E-state index is 11.3. The van der Waals surface area contributed by atoms with Gasteiger partial charge in [0.25, 0.3) is 5.69 Å². The predicted molar refractivity (Wildman–Crippen MR) is 125 cm³/mol. The summed E-state index contributed by atoms with van der Waals surface area (Å²) in [5.74, 6) is 0.530. The monoisotopic (exact) mass is 406 g/mol. The number of aromatic nitrogens is 2. The summed E-state index contributed by atoms with van der Waals surface area (Å²) in [6.07, 6.45) is 0. The van der Waals surface area contributed by atoms with E-state index in [0.717, 1.165) is 33.0 Å². The number of anilines is 2. The molecule has 6 nitrogen and oxygen atoms in total. The van der Waals surface area contributed by atoms with Gasteiger partial charge in [-0.25, -0.2) is 4.98 Å². The lowest BCUT2D eigenvalue weighted by Crippen LogP contribution is -1.98. The van der Waals surface area contributed by atoms with Crippen LogP contribution in [-0.2, 0) is 0 Å². The van der Waals surface area contributed by atoms with E-state index in [-0.39, 0.29) is 5.69 Å². The second-order valence-electron chi connectivity index (χ2n) is 7.22. The molecule has 0 spiro atoms. The molecular weight excluding hydrogens is 388 g/mol. The number of H-pyrrole nitrogens is 1. The number of hydrogen-bond donors (Lipinski definition) is 2. The first-order chi connectivity index (χ1) is 15.1. The standard InChI is InChI=1S/C25H18N4O2/c1-16(17-7-3-2-4-8-17)18-11-13-21-20(15-18)19-12-14-24(28-25(19)27-21)26-22-9-5-6-10-23(22)29(30)31/h2-15H,1H2,(H2,26,27,28). The summed E-state index contributed by atoms with van der Waals surface area (Å²) >= 11 is 0. The van der Waals surface area contributed by atoms with Crippen LogP contribution in [0.25, 0.3) is 27.5 Å². The van der Waals surface area contributed by atoms with Crippen molar-refractivity contribution in [3.8, 4) is 0 Å². The molecular formula is C25H18N4O2. The highest BCUT2D eigenvalue weighted by molar-refractivity contribution is 6.07. The second-order valence-corrected chi connectivity index (χ2v) is 7.22. The summed E-state index contributed by atoms with van der Waals surface area (Å²) < 4.78 is 0. The fraction of sp³-hybridized carbons (Fsp3) is 0. The molecule has 0 amide bonds. The van der Waals surface area contributed by atoms with Crippen LogP contribution in [0.15, 0.2) is 91.5 Å². The van der Waals surface area contributed by atoms with Crippen LogP contribution in [0.5, 0.6) is 0 Å². The van der Waals surface area contributed by atoms with Crippen LogP contribution in [0.4, 0.5) is 17.2 Å². The van der Waals surface area contributed by atoms with Crippen molar-refractivity contribution in [1.82, 2.24) is 9.97 Å². The van der Waals surface area contributed by atoms with Crippen molar-refractivity contribution in [2.45, 2.75) is 0 Å². The Morgan fingerprint density at radius 3 is 2.48 bits per heavy atom. The molecule has 0 unspecified atom stereocenters. The molecule has 3 aromatic carbocycles. The Balaban J connectivity index is 1.53. The van der Waals surface area contributed by atoms with Crippen molar-refractivity contribution < 1.29 is 4.92 Å². The molecule has 0 fully saturated rings. The summed E-state index contributed by atoms with van der Waals surface area (Å²) in [7, 11) is 0. The minimum absolute atomic E-state index is 0.00473. The first kappa shape index (κ1) is 18.6. The predicted octanol–water partition coefficient (Wildman–Crippen LogP) is 6.43. The van der Waals surface area contributed by atoms with Gasteiger partial charge in [-0.05, 0) is 47.0 Å². The molecule has 5 aromatic rings. The Morgan fingerprint density at radius 1 is 0.903 bits per heavy atom. The average Bonchev–Trinajstić information content (AvgIpc) is 3.16. The van der Waals surface area contributed by atoms with Gasteiger partial charge in [0.2, 0.25) is 0 Å². The summed E-state index contributed by atoms with van der Waals surface area (Å²) in [4.78, 5) is 18.8. The number of nitrogens with one attached hydrogen (secondary N) is 2. The Hall–Kier alpha value is -4.45. The van der Waals surface area contributed by atoms with E-state index in [1.54, 1.807) is 18.2 Å². The first-order valence-corrected chi connectivity index (χ1v) is 9.78. The summed E-state index contributed by atoms with van der Waals surface area (Å²) in [5, 5.41) is 16.3. The second kappa shape index (κ2) is 7.42. The maximum absolute atomic E-state index is 11.3. The Kier molecular flexibility index (Phi) is 4.45. The smallest absolute Gasteiger partial charge is 0.292 e. The van der Waals surface area contributed by atoms with Gasteiger partial charge in [-0.3, -0.25) is 10.1 Å². The number of nitro groups is 1. The van der Waals surface area contributed by atoms with Crippen molar-refractivity contribution in [2.75, 3.05) is 5.32 Å². The van der Waals surface area contributed by atoms with Gasteiger partial charge in [-0.1, -0.05) is 55.1 Å². The number of nitro benzene ring substituents is 1. The molecule has 31 heavy (non-hydrogen) atoms. The zero-order valence-corrected chi connectivity index (χ0v) is 16.5. The minimum Gasteiger partial charge on any atom is -0.339 e. The van der Waals surface area contributed by atoms with Crippen LogP contribution >= 0.6 is 0 Å². The molecule has 0 saturated heterocycles. The van der Waals surface area contributed by atoms with Crippen molar-refractivity contribution in [2.24, 2.45) is 0 Å². The highest BCUT2D eigenvalue weighted by atomic mass is 16.6. The van der Waals surface area contributed by atoms with Gasteiger partial charge in [0, 0.05) is 22.4 Å². The molecule has 6 heteroatoms. The number of pyridine rings is 1. The van der Waals surface area contributed by atoms with Gasteiger partial charge in [-0.2, -0.15) is 0 Å². The fourth-order valence-corrected chi connectivity index (χ4v) is 3.72. The van der Waals surface area contributed by atoms with Crippen molar-refractivity contribution in [1.29, 1.82) is 0 Å². The largest absolute Gasteiger partial charge is 0.339 e. The molecule has 2 heterocycles. The zero-order valence-electron chi connectivity index (χ0n) is 16.5. The quantitative estimate of drug-likeness (QED) is 0.260. The normalized spacial score (nSPS) is 11.0. The van der Waals surface area contributed by atoms with Gasteiger partial charge in [0.15, 0.2) is 0 Å². The third-order valence-electron chi connectivity index (χ3n) is 5.29. The van der Waals surface area contributed by atoms with Gasteiger partial charge >= 0.3 is 0 Å². The summed E-state index contributed by atoms with van der Waals surface area (Å²) in [5.41, 5.74) is 5.16. The number of para-hydroxylation sites is 2. The van der Waals surface area contributed by atoms with E-state index in [9.17, 15) is 10.1 Å². The summed E-state index contributed by atoms with van der Waals surface area (Å²) in [6, 6.07) is 26.6. The lowest BCUT2D eigenvalue weighted by molar-refractivity contribution is -0.383. The molecule has 0 atom stereocenters. The van der Waals surface area contributed by atoms with E-state index in [1.807, 2.05) is 54.6 Å². The molecule has 0 aliphatic carbocycles. The Morgan fingerprint density at radius 2 is 1.68 bits per heavy atom. The molecule has 0 saturated carbocycles. The highest BCUT2D eigenvalue weighted by Crippen LogP contribution is 2.31. The Bertz CT molecular complexity index is 1450. The molecule has 2 aromatic heterocycles. The molecule has 0 aliphatic rings. The number of hydrogen-bond acceptors (Lipinski definition) is 4. The highest BCUT2D eigenvalue weighted by Gasteiger charge is 2.14. The van der Waals surface area contributed by atoms with Gasteiger partial charge in [0.05, 0.1) is 4.92 Å². The average molecular weight is 406 g/mol. The molecule has 5 rings (SSSR count). The molecule has 0 radical (unpaired) electrons. The lowest BCUT2D eigenvalue weighted by Gasteiger charge is -2.07. The third-order valence-corrected chi connectivity index (χ3v) is 5.29. The van der Waals surface area contributed by atoms with E-state index in [0.29, 0.717) is 17.2 Å². The van der Waals surface area contributed by atoms with Gasteiger partial charge in [0.1, 0.15) is 17.2 Å². The van der Waals surface area contributed by atoms with E-state index in [2.05, 4.69) is 27.9 Å². The maximum Gasteiger partial charge on any atom is 0.292 e. The third kappa shape index (κ3) is 3.40. The number of nitrogens with zero attached hydrogens (tertiary/aromatic N) is 2. The molecule has 0 bridgehead atoms. The topological polar surface area (TPSA) is 83.8 Å². The van der Waals surface area contributed by atoms with Crippen molar-refractivity contribution in [3.63, 3.8) is 0 Å². The van der Waals surface area contributed by atoms with Crippen molar-refractivity contribution in [3.05, 3.63) is 113 Å². The molecule has 0 aliphatic heterocycles. The van der Waals surface area contributed by atoms with Crippen LogP contribution < -0.4 is 5.32 Å². The molecule has 2 N–H and O–H groups in total. The minimum atomic E-state index is -0.412. The van der Waals surface area contributed by atoms with E-state index in [1.165, 1.54) is 6.07 Å². The zero-order chi connectivity index (χ0) is 21.4. The molecule has 150 valence electrons. The number of fused-ring (bicyclic) bond motifs is 3. The van der Waals surface area contributed by atoms with Crippen LogP contribution in [-0.4, -0.2) is 14.9 Å².